The number of thioether (sulfide) groups is 1. The Morgan fingerprint density at radius 3 is 2.75 bits per heavy atom. The van der Waals surface area contributed by atoms with Crippen molar-refractivity contribution in [2.24, 2.45) is 0 Å². The van der Waals surface area contributed by atoms with E-state index >= 15 is 0 Å². The summed E-state index contributed by atoms with van der Waals surface area (Å²) in [6, 6.07) is 21.9. The second kappa shape index (κ2) is 10.4. The van der Waals surface area contributed by atoms with E-state index in [0.29, 0.717) is 21.3 Å². The Morgan fingerprint density at radius 2 is 1.95 bits per heavy atom. The van der Waals surface area contributed by atoms with Crippen molar-refractivity contribution in [3.63, 3.8) is 0 Å². The zero-order valence-corrected chi connectivity index (χ0v) is 23.1. The summed E-state index contributed by atoms with van der Waals surface area (Å²) in [5, 5.41) is 4.67. The number of nitrogens with zero attached hydrogens (tertiary/aromatic N) is 3. The first-order valence-corrected chi connectivity index (χ1v) is 14.5. The molecule has 0 saturated carbocycles. The first kappa shape index (κ1) is 25.4. The third kappa shape index (κ3) is 5.14. The fraction of sp³-hybridized carbons (Fsp3) is 0.226. The number of furan rings is 1. The molecule has 0 atom stereocenters. The number of aromatic nitrogens is 2. The summed E-state index contributed by atoms with van der Waals surface area (Å²) < 4.78 is 26.0. The Hall–Kier alpha value is -3.59. The summed E-state index contributed by atoms with van der Waals surface area (Å²) in [4.78, 5) is 11.4. The fourth-order valence-electron chi connectivity index (χ4n) is 5.29. The van der Waals surface area contributed by atoms with Crippen LogP contribution < -0.4 is 10.1 Å². The summed E-state index contributed by atoms with van der Waals surface area (Å²) in [7, 11) is 0. The maximum atomic E-state index is 13.5. The molecule has 9 heteroatoms. The van der Waals surface area contributed by atoms with Crippen LogP contribution in [0.4, 0.5) is 15.9 Å². The average molecular weight is 573 g/mol. The van der Waals surface area contributed by atoms with Gasteiger partial charge in [-0.15, -0.1) is 0 Å². The molecule has 3 aromatic carbocycles. The van der Waals surface area contributed by atoms with E-state index in [2.05, 4.69) is 38.0 Å². The van der Waals surface area contributed by atoms with Gasteiger partial charge in [0, 0.05) is 34.5 Å². The molecular weight excluding hydrogens is 547 g/mol. The number of likely N-dealkylation sites (tertiary alicyclic amines) is 1. The third-order valence-electron chi connectivity index (χ3n) is 7.43. The highest BCUT2D eigenvalue weighted by atomic mass is 35.5. The molecule has 7 rings (SSSR count). The highest BCUT2D eigenvalue weighted by Crippen LogP contribution is 2.47. The van der Waals surface area contributed by atoms with Crippen LogP contribution in [0, 0.1) is 5.82 Å². The summed E-state index contributed by atoms with van der Waals surface area (Å²) in [6.45, 7) is 3.37. The van der Waals surface area contributed by atoms with Gasteiger partial charge in [0.15, 0.2) is 0 Å². The van der Waals surface area contributed by atoms with Crippen LogP contribution in [0.1, 0.15) is 17.7 Å². The van der Waals surface area contributed by atoms with Crippen molar-refractivity contribution in [3.8, 4) is 17.1 Å². The number of fused-ring (bicyclic) bond motifs is 1. The molecule has 1 N–H and O–H groups in total. The number of hydrogen-bond donors (Lipinski definition) is 1. The highest BCUT2D eigenvalue weighted by Gasteiger charge is 2.48. The predicted molar refractivity (Wildman–Crippen MR) is 158 cm³/mol. The Morgan fingerprint density at radius 1 is 1.05 bits per heavy atom. The summed E-state index contributed by atoms with van der Waals surface area (Å²) >= 11 is 8.61. The molecule has 2 saturated heterocycles. The maximum Gasteiger partial charge on any atom is 0.141 e. The lowest BCUT2D eigenvalue weighted by Crippen LogP contribution is -2.62. The molecule has 5 aromatic rings. The molecule has 2 aliphatic heterocycles. The Bertz CT molecular complexity index is 1700. The fourth-order valence-corrected chi connectivity index (χ4v) is 6.85. The molecule has 40 heavy (non-hydrogen) atoms. The first-order chi connectivity index (χ1) is 19.5. The monoisotopic (exact) mass is 572 g/mol. The standard InChI is InChI=1S/C31H26ClFN4O2S/c32-26-14-23(5-8-29(26)38-16-20-2-1-3-22(33)12-20)36-30-25-13-21(4-7-27(25)34-19-35-30)28-9-6-24(39-28)15-37-17-31(18-37)10-11-40-31/h1-9,12-14,19H,10-11,15-18H2,(H,34,35,36). The molecule has 2 aromatic heterocycles. The Kier molecular flexibility index (Phi) is 6.62. The Balaban J connectivity index is 1.06. The van der Waals surface area contributed by atoms with Crippen molar-refractivity contribution >= 4 is 45.8 Å². The van der Waals surface area contributed by atoms with Gasteiger partial charge in [-0.3, -0.25) is 4.90 Å². The van der Waals surface area contributed by atoms with Crippen LogP contribution in [0.15, 0.2) is 83.5 Å². The quantitative estimate of drug-likeness (QED) is 0.204. The van der Waals surface area contributed by atoms with Gasteiger partial charge in [-0.1, -0.05) is 23.7 Å². The van der Waals surface area contributed by atoms with E-state index in [0.717, 1.165) is 58.9 Å². The number of halogens is 2. The summed E-state index contributed by atoms with van der Waals surface area (Å²) in [6.07, 6.45) is 2.88. The van der Waals surface area contributed by atoms with Gasteiger partial charge in [-0.2, -0.15) is 11.8 Å². The smallest absolute Gasteiger partial charge is 0.141 e. The highest BCUT2D eigenvalue weighted by molar-refractivity contribution is 8.02. The molecule has 0 bridgehead atoms. The van der Waals surface area contributed by atoms with Gasteiger partial charge in [0.2, 0.25) is 0 Å². The average Bonchev–Trinajstić information content (AvgIpc) is 3.38. The van der Waals surface area contributed by atoms with Crippen molar-refractivity contribution in [2.45, 2.75) is 24.3 Å². The lowest BCUT2D eigenvalue weighted by atomic mass is 9.94. The summed E-state index contributed by atoms with van der Waals surface area (Å²) in [5.74, 6) is 3.97. The van der Waals surface area contributed by atoms with E-state index in [4.69, 9.17) is 20.8 Å². The van der Waals surface area contributed by atoms with Gasteiger partial charge in [0.25, 0.3) is 0 Å². The van der Waals surface area contributed by atoms with E-state index in [1.165, 1.54) is 30.6 Å². The van der Waals surface area contributed by atoms with Crippen molar-refractivity contribution in [2.75, 3.05) is 24.2 Å². The number of ether oxygens (including phenoxy) is 1. The van der Waals surface area contributed by atoms with Crippen LogP contribution in [-0.4, -0.2) is 38.5 Å². The Labute approximate surface area is 240 Å². The molecule has 6 nitrogen and oxygen atoms in total. The minimum Gasteiger partial charge on any atom is -0.487 e. The molecule has 2 fully saturated rings. The van der Waals surface area contributed by atoms with E-state index in [9.17, 15) is 4.39 Å². The zero-order valence-electron chi connectivity index (χ0n) is 21.6. The first-order valence-electron chi connectivity index (χ1n) is 13.2. The van der Waals surface area contributed by atoms with Crippen LogP contribution in [-0.2, 0) is 13.2 Å². The molecule has 0 amide bonds. The molecule has 202 valence electrons. The van der Waals surface area contributed by atoms with Gasteiger partial charge in [-0.05, 0) is 78.4 Å². The van der Waals surface area contributed by atoms with E-state index in [1.54, 1.807) is 24.3 Å². The SMILES string of the molecule is Fc1cccc(COc2ccc(Nc3ncnc4ccc(-c5ccc(CN6CC7(CCS7)C6)o5)cc34)cc2Cl)c1. The van der Waals surface area contributed by atoms with Crippen molar-refractivity contribution in [1.29, 1.82) is 0 Å². The number of benzene rings is 3. The second-order valence-electron chi connectivity index (χ2n) is 10.3. The van der Waals surface area contributed by atoms with Crippen LogP contribution in [0.5, 0.6) is 5.75 Å². The molecule has 0 unspecified atom stereocenters. The van der Waals surface area contributed by atoms with Gasteiger partial charge in [0.1, 0.15) is 41.8 Å². The van der Waals surface area contributed by atoms with Crippen LogP contribution >= 0.6 is 23.4 Å². The zero-order chi connectivity index (χ0) is 27.1. The van der Waals surface area contributed by atoms with E-state index in [1.807, 2.05) is 30.3 Å². The maximum absolute atomic E-state index is 13.5. The van der Waals surface area contributed by atoms with Crippen LogP contribution in [0.3, 0.4) is 0 Å². The largest absolute Gasteiger partial charge is 0.487 e. The van der Waals surface area contributed by atoms with E-state index in [-0.39, 0.29) is 12.4 Å². The summed E-state index contributed by atoms with van der Waals surface area (Å²) in [5.41, 5.74) is 3.26. The third-order valence-corrected chi connectivity index (χ3v) is 9.21. The number of rotatable bonds is 8. The van der Waals surface area contributed by atoms with Crippen molar-refractivity contribution < 1.29 is 13.5 Å². The minimum absolute atomic E-state index is 0.218. The van der Waals surface area contributed by atoms with E-state index < -0.39 is 0 Å². The molecule has 0 radical (unpaired) electrons. The topological polar surface area (TPSA) is 63.4 Å². The van der Waals surface area contributed by atoms with Gasteiger partial charge in [-0.25, -0.2) is 14.4 Å². The van der Waals surface area contributed by atoms with Gasteiger partial charge < -0.3 is 14.5 Å². The molecular formula is C31H26ClFN4O2S. The normalized spacial score (nSPS) is 16.1. The number of nitrogens with one attached hydrogen (secondary N) is 1. The second-order valence-corrected chi connectivity index (χ2v) is 12.3. The number of hydrogen-bond acceptors (Lipinski definition) is 7. The van der Waals surface area contributed by atoms with Crippen molar-refractivity contribution in [1.82, 2.24) is 14.9 Å². The lowest BCUT2D eigenvalue weighted by molar-refractivity contribution is 0.0998. The number of anilines is 2. The van der Waals surface area contributed by atoms with Crippen LogP contribution in [0.25, 0.3) is 22.2 Å². The molecule has 4 heterocycles. The molecule has 0 aliphatic carbocycles. The van der Waals surface area contributed by atoms with Gasteiger partial charge >= 0.3 is 0 Å². The van der Waals surface area contributed by atoms with Crippen LogP contribution in [0.2, 0.25) is 5.02 Å². The lowest BCUT2D eigenvalue weighted by Gasteiger charge is -2.55. The van der Waals surface area contributed by atoms with Crippen molar-refractivity contribution in [3.05, 3.63) is 101 Å². The predicted octanol–water partition coefficient (Wildman–Crippen LogP) is 7.70. The molecule has 1 spiro atoms. The van der Waals surface area contributed by atoms with Gasteiger partial charge in [0.05, 0.1) is 17.1 Å². The molecule has 2 aliphatic rings. The minimum atomic E-state index is -0.299.